The first-order valence-electron chi connectivity index (χ1n) is 9.77. The number of ether oxygens (including phenoxy) is 1. The number of methoxy groups -OCH3 is 1. The van der Waals surface area contributed by atoms with E-state index in [0.29, 0.717) is 18.5 Å². The Morgan fingerprint density at radius 2 is 1.90 bits per heavy atom. The van der Waals surface area contributed by atoms with Crippen LogP contribution in [0, 0.1) is 11.6 Å². The number of carbonyl (C=O) groups is 2. The maximum absolute atomic E-state index is 14.2. The molecule has 0 spiro atoms. The van der Waals surface area contributed by atoms with Crippen LogP contribution in [-0.4, -0.2) is 60.9 Å². The van der Waals surface area contributed by atoms with Crippen molar-refractivity contribution >= 4 is 17.4 Å². The first kappa shape index (κ1) is 22.4. The van der Waals surface area contributed by atoms with Crippen LogP contribution >= 0.6 is 0 Å². The molecule has 0 saturated carbocycles. The summed E-state index contributed by atoms with van der Waals surface area (Å²) in [5, 5.41) is 10.9. The number of amides is 1. The molecule has 1 fully saturated rings. The largest absolute Gasteiger partial charge is 0.507 e. The smallest absolute Gasteiger partial charge is 0.295 e. The van der Waals surface area contributed by atoms with E-state index in [1.54, 1.807) is 6.07 Å². The Bertz CT molecular complexity index is 1040. The number of ketones is 1. The lowest BCUT2D eigenvalue weighted by Crippen LogP contribution is -2.32. The maximum atomic E-state index is 14.2. The van der Waals surface area contributed by atoms with Gasteiger partial charge in [-0.05, 0) is 63.0 Å². The molecule has 0 aliphatic carbocycles. The minimum atomic E-state index is -0.983. The van der Waals surface area contributed by atoms with Crippen molar-refractivity contribution in [2.24, 2.45) is 0 Å². The minimum absolute atomic E-state index is 0.0194. The number of aliphatic hydroxyl groups excluding tert-OH is 1. The van der Waals surface area contributed by atoms with Gasteiger partial charge in [-0.25, -0.2) is 8.78 Å². The van der Waals surface area contributed by atoms with E-state index in [-0.39, 0.29) is 23.4 Å². The quantitative estimate of drug-likeness (QED) is 0.415. The van der Waals surface area contributed by atoms with Crippen molar-refractivity contribution < 1.29 is 28.2 Å². The van der Waals surface area contributed by atoms with Gasteiger partial charge in [0, 0.05) is 12.1 Å². The fraction of sp³-hybridized carbons (Fsp3) is 0.304. The number of likely N-dealkylation sites (tertiary alicyclic amines) is 1. The molecular weight excluding hydrogens is 406 g/mol. The molecular formula is C23H24F2N2O4. The van der Waals surface area contributed by atoms with Gasteiger partial charge in [0.1, 0.15) is 11.6 Å². The number of nitrogens with zero attached hydrogens (tertiary/aromatic N) is 2. The molecule has 8 heteroatoms. The van der Waals surface area contributed by atoms with Crippen molar-refractivity contribution in [3.05, 3.63) is 70.8 Å². The van der Waals surface area contributed by atoms with E-state index in [9.17, 15) is 23.5 Å². The predicted octanol–water partition coefficient (Wildman–Crippen LogP) is 3.35. The molecule has 1 heterocycles. The molecule has 2 aromatic rings. The third-order valence-corrected chi connectivity index (χ3v) is 5.13. The average molecular weight is 430 g/mol. The first-order valence-corrected chi connectivity index (χ1v) is 9.77. The summed E-state index contributed by atoms with van der Waals surface area (Å²) in [7, 11) is 5.08. The zero-order valence-corrected chi connectivity index (χ0v) is 17.6. The standard InChI is InChI=1S/C23H24F2N2O4/c1-26(2)10-5-11-27-20(14-6-4-7-16(24)12-14)19(22(29)23(27)30)21(28)15-8-9-18(31-3)17(25)13-15/h4,6-9,12-13,20,28H,5,10-11H2,1-3H3/b21-19+/t20-/m1/s1. The van der Waals surface area contributed by atoms with Gasteiger partial charge in [-0.2, -0.15) is 0 Å². The van der Waals surface area contributed by atoms with Crippen molar-refractivity contribution in [3.63, 3.8) is 0 Å². The fourth-order valence-electron chi connectivity index (χ4n) is 3.66. The lowest BCUT2D eigenvalue weighted by molar-refractivity contribution is -0.139. The molecule has 0 radical (unpaired) electrons. The van der Waals surface area contributed by atoms with Crippen LogP contribution in [0.3, 0.4) is 0 Å². The number of benzene rings is 2. The zero-order chi connectivity index (χ0) is 22.7. The van der Waals surface area contributed by atoms with Crippen molar-refractivity contribution in [1.29, 1.82) is 0 Å². The van der Waals surface area contributed by atoms with Crippen LogP contribution in [0.25, 0.3) is 5.76 Å². The van der Waals surface area contributed by atoms with Crippen LogP contribution in [0.1, 0.15) is 23.6 Å². The van der Waals surface area contributed by atoms with E-state index in [1.807, 2.05) is 19.0 Å². The molecule has 1 N–H and O–H groups in total. The summed E-state index contributed by atoms with van der Waals surface area (Å²) in [5.74, 6) is -3.50. The second kappa shape index (κ2) is 9.26. The highest BCUT2D eigenvalue weighted by molar-refractivity contribution is 6.46. The van der Waals surface area contributed by atoms with Crippen molar-refractivity contribution in [2.75, 3.05) is 34.3 Å². The van der Waals surface area contributed by atoms with Gasteiger partial charge in [-0.1, -0.05) is 12.1 Å². The second-order valence-corrected chi connectivity index (χ2v) is 7.55. The van der Waals surface area contributed by atoms with Crippen LogP contribution in [0.5, 0.6) is 5.75 Å². The average Bonchev–Trinajstić information content (AvgIpc) is 2.98. The highest BCUT2D eigenvalue weighted by Gasteiger charge is 2.45. The molecule has 2 aromatic carbocycles. The molecule has 1 aliphatic rings. The van der Waals surface area contributed by atoms with Crippen LogP contribution in [0.15, 0.2) is 48.0 Å². The number of aliphatic hydroxyl groups is 1. The predicted molar refractivity (Wildman–Crippen MR) is 112 cm³/mol. The van der Waals surface area contributed by atoms with Gasteiger partial charge in [0.15, 0.2) is 11.6 Å². The van der Waals surface area contributed by atoms with E-state index < -0.39 is 35.1 Å². The summed E-state index contributed by atoms with van der Waals surface area (Å²) in [4.78, 5) is 28.9. The Kier molecular flexibility index (Phi) is 6.70. The molecule has 1 saturated heterocycles. The Labute approximate surface area is 179 Å². The third-order valence-electron chi connectivity index (χ3n) is 5.13. The Morgan fingerprint density at radius 1 is 1.16 bits per heavy atom. The Balaban J connectivity index is 2.11. The highest BCUT2D eigenvalue weighted by Crippen LogP contribution is 2.40. The summed E-state index contributed by atoms with van der Waals surface area (Å²) in [6.07, 6.45) is 0.572. The molecule has 1 amide bonds. The zero-order valence-electron chi connectivity index (χ0n) is 17.6. The summed E-state index contributed by atoms with van der Waals surface area (Å²) in [6.45, 7) is 0.903. The molecule has 31 heavy (non-hydrogen) atoms. The summed E-state index contributed by atoms with van der Waals surface area (Å²) >= 11 is 0. The van der Waals surface area contributed by atoms with Gasteiger partial charge in [-0.15, -0.1) is 0 Å². The molecule has 164 valence electrons. The molecule has 0 bridgehead atoms. The van der Waals surface area contributed by atoms with E-state index in [0.717, 1.165) is 6.07 Å². The van der Waals surface area contributed by atoms with Crippen molar-refractivity contribution in [2.45, 2.75) is 12.5 Å². The molecule has 6 nitrogen and oxygen atoms in total. The van der Waals surface area contributed by atoms with E-state index in [2.05, 4.69) is 0 Å². The highest BCUT2D eigenvalue weighted by atomic mass is 19.1. The summed E-state index contributed by atoms with van der Waals surface area (Å²) in [6, 6.07) is 8.27. The van der Waals surface area contributed by atoms with Crippen LogP contribution in [0.4, 0.5) is 8.78 Å². The Morgan fingerprint density at radius 3 is 2.52 bits per heavy atom. The normalized spacial score (nSPS) is 18.1. The van der Waals surface area contributed by atoms with Crippen LogP contribution in [-0.2, 0) is 9.59 Å². The van der Waals surface area contributed by atoms with Gasteiger partial charge in [0.05, 0.1) is 18.7 Å². The maximum Gasteiger partial charge on any atom is 0.295 e. The molecule has 0 unspecified atom stereocenters. The molecule has 1 atom stereocenters. The lowest BCUT2D eigenvalue weighted by atomic mass is 9.95. The van der Waals surface area contributed by atoms with Gasteiger partial charge in [0.2, 0.25) is 0 Å². The van der Waals surface area contributed by atoms with Gasteiger partial charge < -0.3 is 19.6 Å². The van der Waals surface area contributed by atoms with Crippen molar-refractivity contribution in [3.8, 4) is 5.75 Å². The minimum Gasteiger partial charge on any atom is -0.507 e. The first-order chi connectivity index (χ1) is 14.7. The van der Waals surface area contributed by atoms with Crippen molar-refractivity contribution in [1.82, 2.24) is 9.80 Å². The van der Waals surface area contributed by atoms with Gasteiger partial charge in [-0.3, -0.25) is 9.59 Å². The van der Waals surface area contributed by atoms with Crippen LogP contribution < -0.4 is 4.74 Å². The van der Waals surface area contributed by atoms with Gasteiger partial charge >= 0.3 is 0 Å². The fourth-order valence-corrected chi connectivity index (χ4v) is 3.66. The van der Waals surface area contributed by atoms with E-state index in [1.165, 1.54) is 42.3 Å². The SMILES string of the molecule is COc1ccc(/C(O)=C2\C(=O)C(=O)N(CCCN(C)C)[C@@H]2c2cccc(F)c2)cc1F. The van der Waals surface area contributed by atoms with Crippen LogP contribution in [0.2, 0.25) is 0 Å². The van der Waals surface area contributed by atoms with Gasteiger partial charge in [0.25, 0.3) is 11.7 Å². The molecule has 0 aromatic heterocycles. The summed E-state index contributed by atoms with van der Waals surface area (Å²) < 4.78 is 33.0. The Hall–Kier alpha value is -3.26. The third kappa shape index (κ3) is 4.59. The number of hydrogen-bond acceptors (Lipinski definition) is 5. The summed E-state index contributed by atoms with van der Waals surface area (Å²) in [5.41, 5.74) is 0.163. The monoisotopic (exact) mass is 430 g/mol. The van der Waals surface area contributed by atoms with E-state index >= 15 is 0 Å². The van der Waals surface area contributed by atoms with E-state index in [4.69, 9.17) is 4.74 Å². The number of Topliss-reactive ketones (excluding diaryl/α,β-unsaturated/α-hetero) is 1. The number of halogens is 2. The number of carbonyl (C=O) groups excluding carboxylic acids is 2. The number of rotatable bonds is 7. The topological polar surface area (TPSA) is 70.1 Å². The molecule has 3 rings (SSSR count). The lowest BCUT2D eigenvalue weighted by Gasteiger charge is -2.26. The molecule has 1 aliphatic heterocycles. The second-order valence-electron chi connectivity index (χ2n) is 7.55. The number of hydrogen-bond donors (Lipinski definition) is 1.